The van der Waals surface area contributed by atoms with Crippen LogP contribution in [0.1, 0.15) is 19.8 Å². The molecule has 1 fully saturated rings. The molecule has 0 aliphatic heterocycles. The third-order valence-corrected chi connectivity index (χ3v) is 3.59. The van der Waals surface area contributed by atoms with Gasteiger partial charge in [-0.05, 0) is 25.7 Å². The number of benzene rings is 1. The molecule has 0 saturated heterocycles. The predicted octanol–water partition coefficient (Wildman–Crippen LogP) is 3.24. The van der Waals surface area contributed by atoms with Crippen molar-refractivity contribution in [2.24, 2.45) is 5.92 Å². The van der Waals surface area contributed by atoms with Gasteiger partial charge in [0.1, 0.15) is 0 Å². The Morgan fingerprint density at radius 2 is 2.00 bits per heavy atom. The average molecular weight is 274 g/mol. The van der Waals surface area contributed by atoms with Gasteiger partial charge in [0.2, 0.25) is 0 Å². The number of anilines is 2. The molecule has 0 amide bonds. The van der Waals surface area contributed by atoms with Crippen molar-refractivity contribution in [1.82, 2.24) is 0 Å². The van der Waals surface area contributed by atoms with Crippen LogP contribution >= 0.6 is 0 Å². The summed E-state index contributed by atoms with van der Waals surface area (Å²) in [5.74, 6) is -0.781. The maximum Gasteiger partial charge on any atom is 0.387 e. The summed E-state index contributed by atoms with van der Waals surface area (Å²) < 4.78 is 42.0. The second kappa shape index (κ2) is 5.19. The lowest BCUT2D eigenvalue weighted by Crippen LogP contribution is -2.31. The van der Waals surface area contributed by atoms with E-state index < -0.39 is 18.2 Å². The number of alkyl halides is 2. The zero-order valence-corrected chi connectivity index (χ0v) is 10.9. The lowest BCUT2D eigenvalue weighted by molar-refractivity contribution is -0.0521. The second-order valence-electron chi connectivity index (χ2n) is 4.91. The first-order chi connectivity index (χ1) is 8.90. The molecule has 0 radical (unpaired) electrons. The fraction of sp³-hybridized carbons (Fsp3) is 0.538. The molecule has 1 aromatic carbocycles. The molecule has 0 aromatic heterocycles. The van der Waals surface area contributed by atoms with E-state index in [0.29, 0.717) is 11.6 Å². The van der Waals surface area contributed by atoms with Gasteiger partial charge in [0.05, 0.1) is 11.4 Å². The highest BCUT2D eigenvalue weighted by atomic mass is 19.3. The summed E-state index contributed by atoms with van der Waals surface area (Å²) in [5.41, 5.74) is 6.48. The molecule has 1 atom stereocenters. The molecule has 106 valence electrons. The zero-order valence-electron chi connectivity index (χ0n) is 10.9. The minimum atomic E-state index is -3.06. The fourth-order valence-corrected chi connectivity index (χ4v) is 2.16. The molecular formula is C13H17F3N2O. The molecule has 0 bridgehead atoms. The quantitative estimate of drug-likeness (QED) is 0.838. The van der Waals surface area contributed by atoms with Crippen LogP contribution in [0.3, 0.4) is 0 Å². The summed E-state index contributed by atoms with van der Waals surface area (Å²) in [4.78, 5) is 1.88. The maximum absolute atomic E-state index is 13.5. The van der Waals surface area contributed by atoms with E-state index in [0.717, 1.165) is 18.9 Å². The van der Waals surface area contributed by atoms with E-state index in [1.54, 1.807) is 0 Å². The lowest BCUT2D eigenvalue weighted by Gasteiger charge is -2.28. The Kier molecular flexibility index (Phi) is 3.78. The summed E-state index contributed by atoms with van der Waals surface area (Å²) >= 11 is 0. The van der Waals surface area contributed by atoms with E-state index in [1.807, 2.05) is 18.9 Å². The van der Waals surface area contributed by atoms with Crippen LogP contribution in [0, 0.1) is 11.7 Å². The normalized spacial score (nSPS) is 16.5. The van der Waals surface area contributed by atoms with E-state index in [1.165, 1.54) is 6.07 Å². The molecular weight excluding hydrogens is 257 g/mol. The van der Waals surface area contributed by atoms with Crippen molar-refractivity contribution in [1.29, 1.82) is 0 Å². The molecule has 1 unspecified atom stereocenters. The molecule has 1 saturated carbocycles. The van der Waals surface area contributed by atoms with E-state index in [2.05, 4.69) is 4.74 Å². The molecule has 19 heavy (non-hydrogen) atoms. The van der Waals surface area contributed by atoms with E-state index in [-0.39, 0.29) is 11.7 Å². The Labute approximate surface area is 110 Å². The number of nitrogens with two attached hydrogens (primary N) is 1. The van der Waals surface area contributed by atoms with Crippen LogP contribution in [0.5, 0.6) is 5.75 Å². The first-order valence-electron chi connectivity index (χ1n) is 6.16. The Morgan fingerprint density at radius 1 is 1.37 bits per heavy atom. The van der Waals surface area contributed by atoms with Gasteiger partial charge in [-0.2, -0.15) is 8.78 Å². The van der Waals surface area contributed by atoms with Gasteiger partial charge in [-0.3, -0.25) is 0 Å². The van der Waals surface area contributed by atoms with Gasteiger partial charge in [-0.25, -0.2) is 4.39 Å². The largest absolute Gasteiger partial charge is 0.432 e. The summed E-state index contributed by atoms with van der Waals surface area (Å²) in [6, 6.07) is 2.48. The van der Waals surface area contributed by atoms with Gasteiger partial charge in [-0.1, -0.05) is 0 Å². The van der Waals surface area contributed by atoms with Crippen LogP contribution < -0.4 is 15.4 Å². The van der Waals surface area contributed by atoms with Crippen LogP contribution in [-0.2, 0) is 0 Å². The van der Waals surface area contributed by atoms with Crippen molar-refractivity contribution in [2.75, 3.05) is 17.7 Å². The highest BCUT2D eigenvalue weighted by Gasteiger charge is 2.31. The van der Waals surface area contributed by atoms with Gasteiger partial charge < -0.3 is 15.4 Å². The number of nitrogen functional groups attached to an aromatic ring is 1. The molecule has 0 spiro atoms. The Morgan fingerprint density at radius 3 is 2.53 bits per heavy atom. The minimum Gasteiger partial charge on any atom is -0.432 e. The van der Waals surface area contributed by atoms with Crippen LogP contribution in [0.2, 0.25) is 0 Å². The van der Waals surface area contributed by atoms with Crippen molar-refractivity contribution >= 4 is 11.4 Å². The molecule has 6 heteroatoms. The summed E-state index contributed by atoms with van der Waals surface area (Å²) in [6.45, 7) is -1.02. The molecule has 3 nitrogen and oxygen atoms in total. The number of hydrogen-bond donors (Lipinski definition) is 1. The number of hydrogen-bond acceptors (Lipinski definition) is 3. The summed E-state index contributed by atoms with van der Waals surface area (Å²) in [6.07, 6.45) is 2.29. The topological polar surface area (TPSA) is 38.5 Å². The average Bonchev–Trinajstić information content (AvgIpc) is 3.14. The monoisotopic (exact) mass is 274 g/mol. The van der Waals surface area contributed by atoms with Crippen molar-refractivity contribution < 1.29 is 17.9 Å². The van der Waals surface area contributed by atoms with Crippen LogP contribution in [0.25, 0.3) is 0 Å². The molecule has 2 N–H and O–H groups in total. The lowest BCUT2D eigenvalue weighted by atomic mass is 10.1. The number of halogens is 3. The van der Waals surface area contributed by atoms with E-state index in [9.17, 15) is 13.2 Å². The molecule has 1 aliphatic rings. The van der Waals surface area contributed by atoms with E-state index in [4.69, 9.17) is 5.73 Å². The van der Waals surface area contributed by atoms with Gasteiger partial charge in [-0.15, -0.1) is 0 Å². The van der Waals surface area contributed by atoms with Crippen LogP contribution in [0.15, 0.2) is 12.1 Å². The zero-order chi connectivity index (χ0) is 14.2. The van der Waals surface area contributed by atoms with Gasteiger partial charge >= 0.3 is 6.61 Å². The molecule has 1 aromatic rings. The first-order valence-corrected chi connectivity index (χ1v) is 6.16. The van der Waals surface area contributed by atoms with Crippen molar-refractivity contribution in [2.45, 2.75) is 32.4 Å². The molecule has 2 rings (SSSR count). The number of rotatable bonds is 5. The smallest absolute Gasteiger partial charge is 0.387 e. The van der Waals surface area contributed by atoms with Crippen molar-refractivity contribution in [3.05, 3.63) is 17.9 Å². The van der Waals surface area contributed by atoms with E-state index >= 15 is 0 Å². The third-order valence-electron chi connectivity index (χ3n) is 3.59. The van der Waals surface area contributed by atoms with Crippen molar-refractivity contribution in [3.63, 3.8) is 0 Å². The van der Waals surface area contributed by atoms with Crippen LogP contribution in [-0.4, -0.2) is 19.7 Å². The number of ether oxygens (including phenoxy) is 1. The molecule has 1 aliphatic carbocycles. The Balaban J connectivity index is 2.27. The predicted molar refractivity (Wildman–Crippen MR) is 68.0 cm³/mol. The summed E-state index contributed by atoms with van der Waals surface area (Å²) in [7, 11) is 1.82. The van der Waals surface area contributed by atoms with Gasteiger partial charge in [0, 0.05) is 25.2 Å². The second-order valence-corrected chi connectivity index (χ2v) is 4.91. The fourth-order valence-electron chi connectivity index (χ4n) is 2.16. The first kappa shape index (κ1) is 13.8. The van der Waals surface area contributed by atoms with Gasteiger partial charge in [0.25, 0.3) is 0 Å². The van der Waals surface area contributed by atoms with Gasteiger partial charge in [0.15, 0.2) is 11.6 Å². The van der Waals surface area contributed by atoms with Crippen molar-refractivity contribution in [3.8, 4) is 5.75 Å². The highest BCUT2D eigenvalue weighted by Crippen LogP contribution is 2.39. The van der Waals surface area contributed by atoms with Crippen LogP contribution in [0.4, 0.5) is 24.5 Å². The highest BCUT2D eigenvalue weighted by molar-refractivity contribution is 5.70. The molecule has 0 heterocycles. The Hall–Kier alpha value is -1.59. The third kappa shape index (κ3) is 3.05. The summed E-state index contributed by atoms with van der Waals surface area (Å²) in [5, 5.41) is 0. The Bertz CT molecular complexity index is 463. The SMILES string of the molecule is CC(C1CC1)N(C)c1cc(OC(F)F)c(F)cc1N. The minimum absolute atomic E-state index is 0.217. The number of nitrogens with zero attached hydrogens (tertiary/aromatic N) is 1. The standard InChI is InChI=1S/C13H17F3N2O/c1-7(8-3-4-8)18(2)11-6-12(19-13(15)16)9(14)5-10(11)17/h5-8,13H,3-4,17H2,1-2H3. The maximum atomic E-state index is 13.5.